The molecule has 0 saturated carbocycles. The zero-order chi connectivity index (χ0) is 14.8. The maximum Gasteiger partial charge on any atom is 0.119 e. The van der Waals surface area contributed by atoms with Crippen molar-refractivity contribution >= 4 is 11.4 Å². The molecule has 0 aliphatic carbocycles. The van der Waals surface area contributed by atoms with Gasteiger partial charge in [-0.3, -0.25) is 0 Å². The van der Waals surface area contributed by atoms with Crippen LogP contribution in [0.5, 0.6) is 11.5 Å². The number of aromatic hydroxyl groups is 1. The van der Waals surface area contributed by atoms with Gasteiger partial charge in [0.05, 0.1) is 13.8 Å². The van der Waals surface area contributed by atoms with E-state index < -0.39 is 0 Å². The Morgan fingerprint density at radius 2 is 1.71 bits per heavy atom. The highest BCUT2D eigenvalue weighted by molar-refractivity contribution is 5.60. The van der Waals surface area contributed by atoms with E-state index in [1.165, 1.54) is 11.4 Å². The second-order valence-corrected chi connectivity index (χ2v) is 5.34. The molecule has 0 bridgehead atoms. The summed E-state index contributed by atoms with van der Waals surface area (Å²) in [5.74, 6) is 1.20. The minimum Gasteiger partial charge on any atom is -0.508 e. The Labute approximate surface area is 125 Å². The van der Waals surface area contributed by atoms with Crippen LogP contribution in [-0.2, 0) is 0 Å². The molecule has 110 valence electrons. The first-order valence-corrected chi connectivity index (χ1v) is 7.11. The van der Waals surface area contributed by atoms with Gasteiger partial charge in [-0.1, -0.05) is 0 Å². The van der Waals surface area contributed by atoms with E-state index >= 15 is 0 Å². The summed E-state index contributed by atoms with van der Waals surface area (Å²) in [6.45, 7) is 4.87. The Kier molecular flexibility index (Phi) is 3.60. The van der Waals surface area contributed by atoms with Crippen molar-refractivity contribution in [1.82, 2.24) is 0 Å². The molecule has 4 heteroatoms. The molecule has 1 aliphatic heterocycles. The fourth-order valence-electron chi connectivity index (χ4n) is 2.78. The number of rotatable bonds is 3. The van der Waals surface area contributed by atoms with Crippen molar-refractivity contribution in [2.45, 2.75) is 6.92 Å². The van der Waals surface area contributed by atoms with E-state index in [-0.39, 0.29) is 0 Å². The Hall–Kier alpha value is -2.36. The van der Waals surface area contributed by atoms with Gasteiger partial charge in [-0.2, -0.15) is 0 Å². The average Bonchev–Trinajstić information content (AvgIpc) is 2.97. The predicted octanol–water partition coefficient (Wildman–Crippen LogP) is 2.99. The van der Waals surface area contributed by atoms with Crippen molar-refractivity contribution in [2.24, 2.45) is 0 Å². The molecule has 0 atom stereocenters. The van der Waals surface area contributed by atoms with Crippen molar-refractivity contribution in [3.8, 4) is 11.5 Å². The average molecular weight is 284 g/mol. The van der Waals surface area contributed by atoms with Crippen molar-refractivity contribution in [1.29, 1.82) is 0 Å². The smallest absolute Gasteiger partial charge is 0.119 e. The maximum atomic E-state index is 9.52. The van der Waals surface area contributed by atoms with E-state index in [0.29, 0.717) is 5.75 Å². The highest BCUT2D eigenvalue weighted by Gasteiger charge is 2.21. The SMILES string of the molecule is COc1ccc(N2CCN(c3ccc(O)cc3C)C2)cc1. The number of phenols is 1. The number of nitrogens with zero attached hydrogens (tertiary/aromatic N) is 2. The minimum absolute atomic E-state index is 0.322. The number of hydrogen-bond donors (Lipinski definition) is 1. The number of anilines is 2. The summed E-state index contributed by atoms with van der Waals surface area (Å²) in [5, 5.41) is 9.52. The Morgan fingerprint density at radius 3 is 2.38 bits per heavy atom. The molecule has 0 radical (unpaired) electrons. The summed E-state index contributed by atoms with van der Waals surface area (Å²) in [4.78, 5) is 4.67. The Bertz CT molecular complexity index is 625. The molecule has 0 unspecified atom stereocenters. The summed E-state index contributed by atoms with van der Waals surface area (Å²) in [6, 6.07) is 13.7. The highest BCUT2D eigenvalue weighted by atomic mass is 16.5. The second-order valence-electron chi connectivity index (χ2n) is 5.34. The molecule has 0 spiro atoms. The molecule has 21 heavy (non-hydrogen) atoms. The monoisotopic (exact) mass is 284 g/mol. The zero-order valence-electron chi connectivity index (χ0n) is 12.4. The number of phenolic OH excluding ortho intramolecular Hbond substituents is 1. The fraction of sp³-hybridized carbons (Fsp3) is 0.294. The van der Waals surface area contributed by atoms with E-state index in [1.807, 2.05) is 31.2 Å². The molecule has 4 nitrogen and oxygen atoms in total. The quantitative estimate of drug-likeness (QED) is 0.940. The fourth-order valence-corrected chi connectivity index (χ4v) is 2.78. The van der Waals surface area contributed by atoms with Crippen LogP contribution in [0.3, 0.4) is 0 Å². The van der Waals surface area contributed by atoms with Gasteiger partial charge in [0.25, 0.3) is 0 Å². The normalized spacial score (nSPS) is 14.6. The second kappa shape index (κ2) is 5.56. The van der Waals surface area contributed by atoms with Crippen LogP contribution in [0, 0.1) is 6.92 Å². The first-order valence-electron chi connectivity index (χ1n) is 7.11. The maximum absolute atomic E-state index is 9.52. The molecule has 2 aromatic carbocycles. The summed E-state index contributed by atoms with van der Waals surface area (Å²) >= 11 is 0. The van der Waals surface area contributed by atoms with Crippen LogP contribution < -0.4 is 14.5 Å². The van der Waals surface area contributed by atoms with E-state index in [4.69, 9.17) is 4.74 Å². The molecular formula is C17H20N2O2. The van der Waals surface area contributed by atoms with Crippen LogP contribution in [0.15, 0.2) is 42.5 Å². The molecule has 1 fully saturated rings. The zero-order valence-corrected chi connectivity index (χ0v) is 12.4. The lowest BCUT2D eigenvalue weighted by Gasteiger charge is -2.23. The third-order valence-corrected chi connectivity index (χ3v) is 3.94. The van der Waals surface area contributed by atoms with Gasteiger partial charge in [0.2, 0.25) is 0 Å². The molecule has 3 rings (SSSR count). The molecule has 1 saturated heterocycles. The summed E-state index contributed by atoms with van der Waals surface area (Å²) in [5.41, 5.74) is 3.49. The number of aryl methyl sites for hydroxylation is 1. The van der Waals surface area contributed by atoms with E-state index in [9.17, 15) is 5.11 Å². The summed E-state index contributed by atoms with van der Waals surface area (Å²) < 4.78 is 5.20. The summed E-state index contributed by atoms with van der Waals surface area (Å²) in [6.07, 6.45) is 0. The van der Waals surface area contributed by atoms with Crippen molar-refractivity contribution in [2.75, 3.05) is 36.7 Å². The van der Waals surface area contributed by atoms with Crippen molar-refractivity contribution in [3.63, 3.8) is 0 Å². The third kappa shape index (κ3) is 2.75. The lowest BCUT2D eigenvalue weighted by atomic mass is 10.2. The standard InChI is InChI=1S/C17H20N2O2/c1-13-11-15(20)5-8-17(13)19-10-9-18(12-19)14-3-6-16(21-2)7-4-14/h3-8,11,20H,9-10,12H2,1-2H3. The molecule has 0 amide bonds. The van der Waals surface area contributed by atoms with Crippen LogP contribution in [0.2, 0.25) is 0 Å². The topological polar surface area (TPSA) is 35.9 Å². The van der Waals surface area contributed by atoms with Crippen molar-refractivity contribution < 1.29 is 9.84 Å². The van der Waals surface area contributed by atoms with Crippen molar-refractivity contribution in [3.05, 3.63) is 48.0 Å². The number of ether oxygens (including phenoxy) is 1. The molecular weight excluding hydrogens is 264 g/mol. The van der Waals surface area contributed by atoms with Crippen LogP contribution in [-0.4, -0.2) is 32.0 Å². The van der Waals surface area contributed by atoms with Gasteiger partial charge < -0.3 is 19.6 Å². The molecule has 2 aromatic rings. The van der Waals surface area contributed by atoms with Crippen LogP contribution in [0.1, 0.15) is 5.56 Å². The first-order chi connectivity index (χ1) is 10.2. The number of benzene rings is 2. The number of methoxy groups -OCH3 is 1. The van der Waals surface area contributed by atoms with Crippen LogP contribution in [0.25, 0.3) is 0 Å². The van der Waals surface area contributed by atoms with Gasteiger partial charge in [0, 0.05) is 24.5 Å². The third-order valence-electron chi connectivity index (χ3n) is 3.94. The van der Waals surface area contributed by atoms with E-state index in [2.05, 4.69) is 21.9 Å². The number of hydrogen-bond acceptors (Lipinski definition) is 4. The largest absolute Gasteiger partial charge is 0.508 e. The van der Waals surface area contributed by atoms with Crippen LogP contribution >= 0.6 is 0 Å². The first kappa shape index (κ1) is 13.6. The van der Waals surface area contributed by atoms with Gasteiger partial charge in [-0.25, -0.2) is 0 Å². The summed E-state index contributed by atoms with van der Waals surface area (Å²) in [7, 11) is 1.68. The molecule has 1 aliphatic rings. The van der Waals surface area contributed by atoms with E-state index in [1.54, 1.807) is 13.2 Å². The van der Waals surface area contributed by atoms with Gasteiger partial charge >= 0.3 is 0 Å². The lowest BCUT2D eigenvalue weighted by molar-refractivity contribution is 0.415. The van der Waals surface area contributed by atoms with Gasteiger partial charge in [-0.15, -0.1) is 0 Å². The van der Waals surface area contributed by atoms with Crippen LogP contribution in [0.4, 0.5) is 11.4 Å². The van der Waals surface area contributed by atoms with Gasteiger partial charge in [0.15, 0.2) is 0 Å². The lowest BCUT2D eigenvalue weighted by Crippen LogP contribution is -2.25. The van der Waals surface area contributed by atoms with E-state index in [0.717, 1.165) is 31.1 Å². The van der Waals surface area contributed by atoms with Gasteiger partial charge in [0.1, 0.15) is 11.5 Å². The molecule has 1 heterocycles. The Morgan fingerprint density at radius 1 is 1.00 bits per heavy atom. The molecule has 1 N–H and O–H groups in total. The Balaban J connectivity index is 1.75. The van der Waals surface area contributed by atoms with Gasteiger partial charge in [-0.05, 0) is 55.0 Å². The molecule has 0 aromatic heterocycles. The highest BCUT2D eigenvalue weighted by Crippen LogP contribution is 2.28. The minimum atomic E-state index is 0.322. The predicted molar refractivity (Wildman–Crippen MR) is 85.4 cm³/mol.